The van der Waals surface area contributed by atoms with E-state index in [-0.39, 0.29) is 17.5 Å². The zero-order valence-corrected chi connectivity index (χ0v) is 20.5. The van der Waals surface area contributed by atoms with Gasteiger partial charge < -0.3 is 29.9 Å². The molecular weight excluding hydrogens is 480 g/mol. The van der Waals surface area contributed by atoms with Gasteiger partial charge in [0, 0.05) is 29.6 Å². The lowest BCUT2D eigenvalue weighted by Gasteiger charge is -2.09. The van der Waals surface area contributed by atoms with Crippen molar-refractivity contribution in [3.63, 3.8) is 0 Å². The van der Waals surface area contributed by atoms with Gasteiger partial charge in [-0.15, -0.1) is 11.3 Å². The minimum atomic E-state index is -1.26. The molecule has 12 nitrogen and oxygen atoms in total. The highest BCUT2D eigenvalue weighted by Gasteiger charge is 2.15. The third kappa shape index (κ3) is 11.1. The van der Waals surface area contributed by atoms with Crippen molar-refractivity contribution in [3.05, 3.63) is 47.0 Å². The number of rotatable bonds is 11. The first-order valence-corrected chi connectivity index (χ1v) is 11.0. The Morgan fingerprint density at radius 1 is 1.03 bits per heavy atom. The molecule has 0 fully saturated rings. The molecule has 0 radical (unpaired) electrons. The molecule has 35 heavy (non-hydrogen) atoms. The van der Waals surface area contributed by atoms with E-state index < -0.39 is 11.9 Å². The molecule has 0 atom stereocenters. The normalized spacial score (nSPS) is 10.3. The standard InChI is InChI=1S/C18H24N4O4S.C4H4O4/c1-22(2)9-5-8-19-17(24)13-11-27-18(20-13)21-16(23)12-6-7-14(25-3)15(10-12)26-4;5-3(6)1-2-4(7)8/h6-7,10-11H,5,8-9H2,1-4H3,(H,19,24)(H,20,21,23);1-2H,(H,5,6)(H,7,8). The Morgan fingerprint density at radius 3 is 2.20 bits per heavy atom. The Kier molecular flexibility index (Phi) is 12.5. The van der Waals surface area contributed by atoms with E-state index in [0.29, 0.717) is 40.9 Å². The number of benzene rings is 1. The molecule has 1 aromatic carbocycles. The van der Waals surface area contributed by atoms with Gasteiger partial charge >= 0.3 is 11.9 Å². The second-order valence-corrected chi connectivity index (χ2v) is 7.84. The third-order valence-electron chi connectivity index (χ3n) is 4.04. The lowest BCUT2D eigenvalue weighted by molar-refractivity contribution is -0.134. The number of anilines is 1. The number of ether oxygens (including phenoxy) is 2. The Hall–Kier alpha value is -3.97. The second kappa shape index (κ2) is 15.0. The molecule has 0 aliphatic carbocycles. The number of methoxy groups -OCH3 is 2. The average Bonchev–Trinajstić information content (AvgIpc) is 3.28. The number of amides is 2. The molecule has 0 saturated carbocycles. The number of hydrogen-bond acceptors (Lipinski definition) is 9. The van der Waals surface area contributed by atoms with Gasteiger partial charge in [-0.3, -0.25) is 14.9 Å². The summed E-state index contributed by atoms with van der Waals surface area (Å²) in [4.78, 5) is 49.8. The van der Waals surface area contributed by atoms with E-state index in [1.807, 2.05) is 14.1 Å². The number of thiazole rings is 1. The van der Waals surface area contributed by atoms with E-state index in [9.17, 15) is 19.2 Å². The van der Waals surface area contributed by atoms with E-state index in [2.05, 4.69) is 20.5 Å². The fourth-order valence-electron chi connectivity index (χ4n) is 2.41. The molecular formula is C22H28N4O8S. The largest absolute Gasteiger partial charge is 0.493 e. The average molecular weight is 509 g/mol. The minimum absolute atomic E-state index is 0.253. The summed E-state index contributed by atoms with van der Waals surface area (Å²) in [7, 11) is 7.00. The zero-order chi connectivity index (χ0) is 26.4. The molecule has 0 spiro atoms. The molecule has 1 heterocycles. The summed E-state index contributed by atoms with van der Waals surface area (Å²) in [6.07, 6.45) is 1.97. The van der Waals surface area contributed by atoms with Crippen LogP contribution in [0.2, 0.25) is 0 Å². The highest BCUT2D eigenvalue weighted by Crippen LogP contribution is 2.28. The molecule has 0 aliphatic rings. The summed E-state index contributed by atoms with van der Waals surface area (Å²) in [5, 5.41) is 23.1. The molecule has 0 saturated heterocycles. The quantitative estimate of drug-likeness (QED) is 0.259. The van der Waals surface area contributed by atoms with Crippen molar-refractivity contribution in [2.24, 2.45) is 0 Å². The van der Waals surface area contributed by atoms with Gasteiger partial charge in [0.15, 0.2) is 16.6 Å². The van der Waals surface area contributed by atoms with Gasteiger partial charge in [0.05, 0.1) is 14.2 Å². The molecule has 190 valence electrons. The Labute approximate surface area is 206 Å². The highest BCUT2D eigenvalue weighted by molar-refractivity contribution is 7.14. The Balaban J connectivity index is 0.000000658. The Morgan fingerprint density at radius 2 is 1.66 bits per heavy atom. The smallest absolute Gasteiger partial charge is 0.328 e. The van der Waals surface area contributed by atoms with Gasteiger partial charge in [-0.1, -0.05) is 0 Å². The van der Waals surface area contributed by atoms with Crippen LogP contribution >= 0.6 is 11.3 Å². The van der Waals surface area contributed by atoms with Crippen LogP contribution in [0.1, 0.15) is 27.3 Å². The molecule has 2 amide bonds. The predicted molar refractivity (Wildman–Crippen MR) is 130 cm³/mol. The molecule has 0 bridgehead atoms. The number of carboxylic acids is 2. The topological polar surface area (TPSA) is 167 Å². The molecule has 13 heteroatoms. The van der Waals surface area contributed by atoms with Crippen LogP contribution in [0.15, 0.2) is 35.7 Å². The SMILES string of the molecule is COc1ccc(C(=O)Nc2nc(C(=O)NCCCN(C)C)cs2)cc1OC.O=C(O)C=CC(=O)O. The van der Waals surface area contributed by atoms with E-state index in [4.69, 9.17) is 19.7 Å². The zero-order valence-electron chi connectivity index (χ0n) is 19.7. The van der Waals surface area contributed by atoms with Gasteiger partial charge in [-0.2, -0.15) is 0 Å². The van der Waals surface area contributed by atoms with E-state index >= 15 is 0 Å². The summed E-state index contributed by atoms with van der Waals surface area (Å²) in [6, 6.07) is 4.87. The summed E-state index contributed by atoms with van der Waals surface area (Å²) in [5.74, 6) is -2.11. The maximum Gasteiger partial charge on any atom is 0.328 e. The van der Waals surface area contributed by atoms with E-state index in [1.165, 1.54) is 25.6 Å². The third-order valence-corrected chi connectivity index (χ3v) is 4.80. The monoisotopic (exact) mass is 508 g/mol. The van der Waals surface area contributed by atoms with Crippen LogP contribution in [0.5, 0.6) is 11.5 Å². The first-order chi connectivity index (χ1) is 16.6. The molecule has 0 unspecified atom stereocenters. The van der Waals surface area contributed by atoms with Crippen LogP contribution in [-0.2, 0) is 9.59 Å². The van der Waals surface area contributed by atoms with Gasteiger partial charge in [0.25, 0.3) is 11.8 Å². The number of nitrogens with zero attached hydrogens (tertiary/aromatic N) is 2. The Bertz CT molecular complexity index is 1040. The van der Waals surface area contributed by atoms with Crippen LogP contribution in [-0.4, -0.2) is 85.3 Å². The number of aromatic nitrogens is 1. The van der Waals surface area contributed by atoms with Crippen LogP contribution < -0.4 is 20.1 Å². The van der Waals surface area contributed by atoms with E-state index in [1.54, 1.807) is 23.6 Å². The first kappa shape index (κ1) is 29.1. The van der Waals surface area contributed by atoms with Crippen molar-refractivity contribution >= 4 is 40.2 Å². The summed E-state index contributed by atoms with van der Waals surface area (Å²) in [6.45, 7) is 1.46. The first-order valence-electron chi connectivity index (χ1n) is 10.1. The maximum atomic E-state index is 12.4. The van der Waals surface area contributed by atoms with Crippen molar-refractivity contribution in [2.75, 3.05) is 46.7 Å². The van der Waals surface area contributed by atoms with Crippen molar-refractivity contribution in [1.29, 1.82) is 0 Å². The number of nitrogens with one attached hydrogen (secondary N) is 2. The number of carbonyl (C=O) groups excluding carboxylic acids is 2. The minimum Gasteiger partial charge on any atom is -0.493 e. The lowest BCUT2D eigenvalue weighted by Crippen LogP contribution is -2.27. The van der Waals surface area contributed by atoms with Gasteiger partial charge in [-0.05, 0) is 45.3 Å². The van der Waals surface area contributed by atoms with Gasteiger partial charge in [0.2, 0.25) is 0 Å². The van der Waals surface area contributed by atoms with Crippen molar-refractivity contribution in [1.82, 2.24) is 15.2 Å². The second-order valence-electron chi connectivity index (χ2n) is 6.98. The van der Waals surface area contributed by atoms with E-state index in [0.717, 1.165) is 13.0 Å². The van der Waals surface area contributed by atoms with Crippen LogP contribution in [0, 0.1) is 0 Å². The predicted octanol–water partition coefficient (Wildman–Crippen LogP) is 1.81. The highest BCUT2D eigenvalue weighted by atomic mass is 32.1. The van der Waals surface area contributed by atoms with Crippen molar-refractivity contribution in [3.8, 4) is 11.5 Å². The maximum absolute atomic E-state index is 12.4. The number of carboxylic acid groups (broad SMARTS) is 2. The van der Waals surface area contributed by atoms with Crippen molar-refractivity contribution < 1.29 is 38.9 Å². The molecule has 0 aliphatic heterocycles. The van der Waals surface area contributed by atoms with Crippen LogP contribution in [0.3, 0.4) is 0 Å². The fraction of sp³-hybridized carbons (Fsp3) is 0.318. The number of aliphatic carboxylic acids is 2. The van der Waals surface area contributed by atoms with Gasteiger partial charge in [-0.25, -0.2) is 14.6 Å². The molecule has 4 N–H and O–H groups in total. The molecule has 1 aromatic heterocycles. The molecule has 2 rings (SSSR count). The summed E-state index contributed by atoms with van der Waals surface area (Å²) < 4.78 is 10.4. The lowest BCUT2D eigenvalue weighted by atomic mass is 10.2. The van der Waals surface area contributed by atoms with Crippen LogP contribution in [0.4, 0.5) is 5.13 Å². The summed E-state index contributed by atoms with van der Waals surface area (Å²) in [5.41, 5.74) is 0.685. The number of hydrogen-bond donors (Lipinski definition) is 4. The van der Waals surface area contributed by atoms with Crippen molar-refractivity contribution in [2.45, 2.75) is 6.42 Å². The summed E-state index contributed by atoms with van der Waals surface area (Å²) >= 11 is 1.19. The fourth-order valence-corrected chi connectivity index (χ4v) is 3.10. The molecule has 2 aromatic rings. The van der Waals surface area contributed by atoms with Gasteiger partial charge in [0.1, 0.15) is 5.69 Å². The number of carbonyl (C=O) groups is 4. The van der Waals surface area contributed by atoms with Crippen LogP contribution in [0.25, 0.3) is 0 Å².